The van der Waals surface area contributed by atoms with Gasteiger partial charge in [-0.25, -0.2) is 0 Å². The van der Waals surface area contributed by atoms with Crippen LogP contribution in [0.15, 0.2) is 54.6 Å². The molecule has 148 valence electrons. The first kappa shape index (κ1) is 19.1. The van der Waals surface area contributed by atoms with E-state index in [0.29, 0.717) is 23.8 Å². The summed E-state index contributed by atoms with van der Waals surface area (Å²) in [7, 11) is 0. The molecule has 1 atom stereocenters. The molecule has 0 spiro atoms. The van der Waals surface area contributed by atoms with Crippen LogP contribution < -0.4 is 15.0 Å². The number of anilines is 2. The molecule has 1 fully saturated rings. The van der Waals surface area contributed by atoms with Gasteiger partial charge < -0.3 is 9.64 Å². The Labute approximate surface area is 172 Å². The van der Waals surface area contributed by atoms with E-state index in [4.69, 9.17) is 4.74 Å². The molecule has 0 bridgehead atoms. The van der Waals surface area contributed by atoms with Crippen molar-refractivity contribution in [2.24, 2.45) is 0 Å². The fraction of sp³-hybridized carbons (Fsp3) is 0.238. The number of carbonyl (C=O) groups excluding carboxylic acids is 2. The van der Waals surface area contributed by atoms with Crippen LogP contribution in [0.5, 0.6) is 5.75 Å². The zero-order chi connectivity index (χ0) is 20.2. The number of aromatic nitrogens is 2. The smallest absolute Gasteiger partial charge is 0.264 e. The van der Waals surface area contributed by atoms with Crippen LogP contribution in [0.1, 0.15) is 22.9 Å². The molecule has 1 aliphatic rings. The molecule has 8 heteroatoms. The molecule has 1 aromatic heterocycles. The van der Waals surface area contributed by atoms with E-state index in [1.165, 1.54) is 11.3 Å². The average molecular weight is 408 g/mol. The van der Waals surface area contributed by atoms with Crippen molar-refractivity contribution in [3.05, 3.63) is 65.2 Å². The van der Waals surface area contributed by atoms with E-state index in [-0.39, 0.29) is 24.3 Å². The maximum atomic E-state index is 12.4. The van der Waals surface area contributed by atoms with Crippen LogP contribution in [-0.2, 0) is 9.59 Å². The summed E-state index contributed by atoms with van der Waals surface area (Å²) in [5, 5.41) is 12.1. The highest BCUT2D eigenvalue weighted by Crippen LogP contribution is 2.34. The average Bonchev–Trinajstić information content (AvgIpc) is 3.34. The maximum Gasteiger partial charge on any atom is 0.264 e. The molecule has 2 heterocycles. The topological polar surface area (TPSA) is 84.4 Å². The van der Waals surface area contributed by atoms with E-state index in [2.05, 4.69) is 15.5 Å². The van der Waals surface area contributed by atoms with E-state index in [0.717, 1.165) is 16.3 Å². The quantitative estimate of drug-likeness (QED) is 0.676. The van der Waals surface area contributed by atoms with Gasteiger partial charge in [-0.15, -0.1) is 10.2 Å². The third-order valence-electron chi connectivity index (χ3n) is 4.62. The summed E-state index contributed by atoms with van der Waals surface area (Å²) in [6.45, 7) is 2.46. The molecule has 1 N–H and O–H groups in total. The molecule has 1 unspecified atom stereocenters. The van der Waals surface area contributed by atoms with Gasteiger partial charge in [0, 0.05) is 24.6 Å². The molecule has 3 aromatic rings. The Hall–Kier alpha value is -3.26. The molecule has 2 amide bonds. The van der Waals surface area contributed by atoms with Gasteiger partial charge in [0.2, 0.25) is 11.0 Å². The molecule has 0 radical (unpaired) electrons. The Bertz CT molecular complexity index is 1000. The summed E-state index contributed by atoms with van der Waals surface area (Å²) in [4.78, 5) is 26.3. The van der Waals surface area contributed by atoms with Crippen molar-refractivity contribution in [2.75, 3.05) is 23.4 Å². The van der Waals surface area contributed by atoms with Gasteiger partial charge in [0.15, 0.2) is 6.61 Å². The van der Waals surface area contributed by atoms with Crippen LogP contribution in [0.3, 0.4) is 0 Å². The monoisotopic (exact) mass is 408 g/mol. The summed E-state index contributed by atoms with van der Waals surface area (Å²) in [5.74, 6) is 0.352. The largest absolute Gasteiger partial charge is 0.484 e. The third-order valence-corrected chi connectivity index (χ3v) is 5.62. The first-order chi connectivity index (χ1) is 14.1. The van der Waals surface area contributed by atoms with Gasteiger partial charge in [0.1, 0.15) is 10.8 Å². The van der Waals surface area contributed by atoms with Gasteiger partial charge in [-0.3, -0.25) is 14.9 Å². The Kier molecular flexibility index (Phi) is 5.53. The van der Waals surface area contributed by atoms with E-state index >= 15 is 0 Å². The van der Waals surface area contributed by atoms with Crippen LogP contribution in [0.25, 0.3) is 0 Å². The third kappa shape index (κ3) is 4.60. The summed E-state index contributed by atoms with van der Waals surface area (Å²) in [6.07, 6.45) is 0.383. The normalized spacial score (nSPS) is 16.1. The predicted molar refractivity (Wildman–Crippen MR) is 111 cm³/mol. The number of hydrogen-bond donors (Lipinski definition) is 1. The van der Waals surface area contributed by atoms with Crippen molar-refractivity contribution >= 4 is 34.0 Å². The van der Waals surface area contributed by atoms with Gasteiger partial charge in [-0.1, -0.05) is 47.2 Å². The Morgan fingerprint density at radius 1 is 1.17 bits per heavy atom. The zero-order valence-electron chi connectivity index (χ0n) is 15.9. The summed E-state index contributed by atoms with van der Waals surface area (Å²) < 4.78 is 5.43. The molecule has 1 aliphatic heterocycles. The molecule has 2 aromatic carbocycles. The van der Waals surface area contributed by atoms with E-state index < -0.39 is 0 Å². The number of para-hydroxylation sites is 1. The molecule has 29 heavy (non-hydrogen) atoms. The summed E-state index contributed by atoms with van der Waals surface area (Å²) in [5.41, 5.74) is 2.04. The molecule has 1 saturated heterocycles. The van der Waals surface area contributed by atoms with Crippen LogP contribution in [0.2, 0.25) is 0 Å². The lowest BCUT2D eigenvalue weighted by molar-refractivity contribution is -0.118. The Balaban J connectivity index is 1.34. The second-order valence-electron chi connectivity index (χ2n) is 6.84. The first-order valence-electron chi connectivity index (χ1n) is 9.26. The van der Waals surface area contributed by atoms with Crippen molar-refractivity contribution in [1.82, 2.24) is 10.2 Å². The van der Waals surface area contributed by atoms with Crippen LogP contribution in [0, 0.1) is 6.92 Å². The van der Waals surface area contributed by atoms with Crippen molar-refractivity contribution in [2.45, 2.75) is 19.3 Å². The van der Waals surface area contributed by atoms with Gasteiger partial charge in [0.05, 0.1) is 0 Å². The van der Waals surface area contributed by atoms with Gasteiger partial charge in [-0.05, 0) is 31.2 Å². The standard InChI is InChI=1S/C21H20N4O3S/c1-14-7-9-16(10-8-14)25-12-15(11-19(25)27)20-23-24-21(29-20)22-18(26)13-28-17-5-3-2-4-6-17/h2-10,15H,11-13H2,1H3,(H,22,24,26). The number of nitrogens with zero attached hydrogens (tertiary/aromatic N) is 3. The summed E-state index contributed by atoms with van der Waals surface area (Å²) in [6, 6.07) is 17.0. The highest BCUT2D eigenvalue weighted by molar-refractivity contribution is 7.15. The number of benzene rings is 2. The van der Waals surface area contributed by atoms with E-state index in [1.54, 1.807) is 17.0 Å². The van der Waals surface area contributed by atoms with Crippen molar-refractivity contribution in [1.29, 1.82) is 0 Å². The maximum absolute atomic E-state index is 12.4. The molecule has 0 aliphatic carbocycles. The van der Waals surface area contributed by atoms with Crippen molar-refractivity contribution in [3.8, 4) is 5.75 Å². The number of hydrogen-bond acceptors (Lipinski definition) is 6. The molecule has 4 rings (SSSR count). The molecule has 7 nitrogen and oxygen atoms in total. The number of nitrogens with one attached hydrogen (secondary N) is 1. The van der Waals surface area contributed by atoms with Crippen LogP contribution in [0.4, 0.5) is 10.8 Å². The van der Waals surface area contributed by atoms with E-state index in [1.807, 2.05) is 49.4 Å². The minimum absolute atomic E-state index is 0.0347. The van der Waals surface area contributed by atoms with E-state index in [9.17, 15) is 9.59 Å². The van der Waals surface area contributed by atoms with Crippen molar-refractivity contribution in [3.63, 3.8) is 0 Å². The van der Waals surface area contributed by atoms with Crippen molar-refractivity contribution < 1.29 is 14.3 Å². The Morgan fingerprint density at radius 3 is 2.69 bits per heavy atom. The number of amides is 2. The first-order valence-corrected chi connectivity index (χ1v) is 10.1. The molecule has 0 saturated carbocycles. The second kappa shape index (κ2) is 8.40. The van der Waals surface area contributed by atoms with Gasteiger partial charge >= 0.3 is 0 Å². The highest BCUT2D eigenvalue weighted by Gasteiger charge is 2.33. The van der Waals surface area contributed by atoms with Gasteiger partial charge in [0.25, 0.3) is 5.91 Å². The van der Waals surface area contributed by atoms with Crippen LogP contribution >= 0.6 is 11.3 Å². The number of ether oxygens (including phenoxy) is 1. The SMILES string of the molecule is Cc1ccc(N2CC(c3nnc(NC(=O)COc4ccccc4)s3)CC2=O)cc1. The fourth-order valence-corrected chi connectivity index (χ4v) is 3.97. The zero-order valence-corrected chi connectivity index (χ0v) is 16.7. The van der Waals surface area contributed by atoms with Gasteiger partial charge in [-0.2, -0.15) is 0 Å². The second-order valence-corrected chi connectivity index (χ2v) is 7.85. The minimum atomic E-state index is -0.305. The lowest BCUT2D eigenvalue weighted by Crippen LogP contribution is -2.24. The highest BCUT2D eigenvalue weighted by atomic mass is 32.1. The lowest BCUT2D eigenvalue weighted by Gasteiger charge is -2.16. The Morgan fingerprint density at radius 2 is 1.93 bits per heavy atom. The number of aryl methyl sites for hydroxylation is 1. The number of carbonyl (C=O) groups is 2. The molecular weight excluding hydrogens is 388 g/mol. The molecular formula is C21H20N4O3S. The lowest BCUT2D eigenvalue weighted by atomic mass is 10.1. The fourth-order valence-electron chi connectivity index (χ4n) is 3.12. The minimum Gasteiger partial charge on any atom is -0.484 e. The summed E-state index contributed by atoms with van der Waals surface area (Å²) >= 11 is 1.29. The van der Waals surface area contributed by atoms with Crippen LogP contribution in [-0.4, -0.2) is 35.2 Å². The predicted octanol–water partition coefficient (Wildman–Crippen LogP) is 3.38. The number of rotatable bonds is 6.